The molecule has 8 nitrogen and oxygen atoms in total. The molecule has 3 rings (SSSR count). The number of sulfonamides is 1. The topological polar surface area (TPSA) is 119 Å². The fourth-order valence-corrected chi connectivity index (χ4v) is 4.94. The third-order valence-electron chi connectivity index (χ3n) is 6.00. The summed E-state index contributed by atoms with van der Waals surface area (Å²) >= 11 is 0. The molecule has 0 saturated heterocycles. The van der Waals surface area contributed by atoms with Crippen LogP contribution in [0.25, 0.3) is 0 Å². The Labute approximate surface area is 220 Å². The van der Waals surface area contributed by atoms with Gasteiger partial charge >= 0.3 is 18.4 Å². The van der Waals surface area contributed by atoms with Crippen LogP contribution >= 0.6 is 0 Å². The molecule has 0 bridgehead atoms. The number of hydrogen-bond acceptors (Lipinski definition) is 6. The second-order valence-corrected chi connectivity index (χ2v) is 10.4. The van der Waals surface area contributed by atoms with Gasteiger partial charge in [-0.05, 0) is 60.6 Å². The lowest BCUT2D eigenvalue weighted by Crippen LogP contribution is -2.42. The van der Waals surface area contributed by atoms with Gasteiger partial charge in [-0.25, -0.2) is 13.6 Å². The van der Waals surface area contributed by atoms with Crippen LogP contribution in [-0.4, -0.2) is 56.6 Å². The third-order valence-corrected chi connectivity index (χ3v) is 6.91. The highest BCUT2D eigenvalue weighted by atomic mass is 32.2. The van der Waals surface area contributed by atoms with E-state index in [-0.39, 0.29) is 60.6 Å². The van der Waals surface area contributed by atoms with E-state index in [1.807, 2.05) is 0 Å². The van der Waals surface area contributed by atoms with E-state index in [0.29, 0.717) is 16.9 Å². The smallest absolute Gasteiger partial charge is 0.492 e. The number of amides is 1. The Morgan fingerprint density at radius 1 is 1.10 bits per heavy atom. The number of ether oxygens (including phenoxy) is 2. The minimum Gasteiger partial charge on any atom is -0.492 e. The first-order valence-electron chi connectivity index (χ1n) is 11.8. The van der Waals surface area contributed by atoms with Crippen LogP contribution in [0.2, 0.25) is 0 Å². The van der Waals surface area contributed by atoms with Gasteiger partial charge in [-0.2, -0.15) is 13.2 Å². The maximum absolute atomic E-state index is 13.2. The lowest BCUT2D eigenvalue weighted by molar-refractivity contribution is -0.274. The van der Waals surface area contributed by atoms with Crippen molar-refractivity contribution in [3.63, 3.8) is 0 Å². The number of hydrogen-bond donors (Lipinski definition) is 2. The number of rotatable bonds is 11. The van der Waals surface area contributed by atoms with Crippen LogP contribution in [0.1, 0.15) is 42.1 Å². The number of benzene rings is 2. The molecule has 3 N–H and O–H groups in total. The zero-order valence-electron chi connectivity index (χ0n) is 20.4. The van der Waals surface area contributed by atoms with E-state index in [9.17, 15) is 44.7 Å². The lowest BCUT2D eigenvalue weighted by Gasteiger charge is -2.24. The number of unbranched alkanes of at least 4 members (excludes halogenated alkanes) is 1. The molecule has 1 atom stereocenters. The Morgan fingerprint density at radius 3 is 2.44 bits per heavy atom. The number of para-hydroxylation sites is 1. The number of carbonyl (C=O) groups is 1. The fraction of sp³-hybridized carbons (Fsp3) is 0.458. The van der Waals surface area contributed by atoms with E-state index >= 15 is 0 Å². The average Bonchev–Trinajstić information content (AvgIpc) is 3.29. The molecule has 1 unspecified atom stereocenters. The Kier molecular flexibility index (Phi) is 9.39. The molecular formula is C24H26F6N2O6S. The van der Waals surface area contributed by atoms with Crippen molar-refractivity contribution in [1.82, 2.24) is 4.90 Å². The van der Waals surface area contributed by atoms with E-state index in [1.165, 1.54) is 24.3 Å². The molecule has 2 aromatic carbocycles. The van der Waals surface area contributed by atoms with Crippen molar-refractivity contribution in [1.29, 1.82) is 0 Å². The summed E-state index contributed by atoms with van der Waals surface area (Å²) in [6.07, 6.45) is -11.1. The molecule has 0 saturated carbocycles. The number of fused-ring (bicyclic) bond motifs is 1. The molecule has 15 heteroatoms. The highest BCUT2D eigenvalue weighted by Crippen LogP contribution is 2.36. The second kappa shape index (κ2) is 12.0. The summed E-state index contributed by atoms with van der Waals surface area (Å²) in [6, 6.07) is 7.69. The summed E-state index contributed by atoms with van der Waals surface area (Å²) in [4.78, 5) is 12.2. The van der Waals surface area contributed by atoms with Crippen LogP contribution in [-0.2, 0) is 27.7 Å². The van der Waals surface area contributed by atoms with Crippen molar-refractivity contribution in [2.75, 3.05) is 19.7 Å². The van der Waals surface area contributed by atoms with Crippen LogP contribution in [0.3, 0.4) is 0 Å². The summed E-state index contributed by atoms with van der Waals surface area (Å²) in [5.74, 6) is -2.60. The molecule has 0 radical (unpaired) electrons. The van der Waals surface area contributed by atoms with Gasteiger partial charge in [0.2, 0.25) is 10.0 Å². The number of nitrogens with zero attached hydrogens (tertiary/aromatic N) is 1. The number of carbonyl (C=O) groups excluding carboxylic acids is 1. The molecule has 39 heavy (non-hydrogen) atoms. The van der Waals surface area contributed by atoms with Crippen molar-refractivity contribution in [2.24, 2.45) is 5.14 Å². The van der Waals surface area contributed by atoms with E-state index in [0.717, 1.165) is 6.07 Å². The molecule has 1 aliphatic rings. The van der Waals surface area contributed by atoms with E-state index in [4.69, 9.17) is 9.88 Å². The molecular weight excluding hydrogens is 558 g/mol. The Morgan fingerprint density at radius 2 is 1.79 bits per heavy atom. The molecule has 1 aliphatic heterocycles. The maximum Gasteiger partial charge on any atom is 0.573 e. The first-order valence-corrected chi connectivity index (χ1v) is 13.3. The molecule has 1 heterocycles. The minimum atomic E-state index is -5.20. The number of alkyl halides is 6. The van der Waals surface area contributed by atoms with Crippen molar-refractivity contribution in [3.05, 3.63) is 53.1 Å². The molecule has 0 fully saturated rings. The monoisotopic (exact) mass is 584 g/mol. The number of aliphatic hydroxyl groups excluding tert-OH is 1. The van der Waals surface area contributed by atoms with Gasteiger partial charge in [0.1, 0.15) is 16.4 Å². The summed E-state index contributed by atoms with van der Waals surface area (Å²) < 4.78 is 110. The van der Waals surface area contributed by atoms with Crippen molar-refractivity contribution >= 4 is 15.9 Å². The largest absolute Gasteiger partial charge is 0.573 e. The number of aliphatic hydroxyl groups is 1. The summed E-state index contributed by atoms with van der Waals surface area (Å²) in [7, 11) is -4.14. The van der Waals surface area contributed by atoms with Gasteiger partial charge in [-0.3, -0.25) is 4.79 Å². The molecule has 216 valence electrons. The van der Waals surface area contributed by atoms with Crippen LogP contribution in [0.15, 0.2) is 41.3 Å². The summed E-state index contributed by atoms with van der Waals surface area (Å²) in [5.41, 5.74) is 0.761. The van der Waals surface area contributed by atoms with Crippen LogP contribution < -0.4 is 14.6 Å². The highest BCUT2D eigenvalue weighted by Gasteiger charge is 2.42. The highest BCUT2D eigenvalue weighted by molar-refractivity contribution is 7.89. The van der Waals surface area contributed by atoms with Crippen molar-refractivity contribution in [3.8, 4) is 11.5 Å². The quantitative estimate of drug-likeness (QED) is 0.305. The lowest BCUT2D eigenvalue weighted by atomic mass is 10.0. The van der Waals surface area contributed by atoms with Crippen molar-refractivity contribution < 1.29 is 54.1 Å². The number of nitrogens with two attached hydrogens (primary N) is 1. The normalized spacial score (nSPS) is 14.5. The molecule has 2 aromatic rings. The predicted molar refractivity (Wildman–Crippen MR) is 125 cm³/mol. The standard InChI is InChI=1S/C24H26F6N2O6S/c25-23(26,27)22(34)32(11-8-15-5-1-2-7-19(15)38-24(28,29)30)10-4-3-6-18(33)17-13-16-9-12-37-21(16)20(14-17)39(31,35)36/h1-2,5,7,13-14,18,33H,3-4,6,8-12H2,(H2,31,35,36). The zero-order valence-corrected chi connectivity index (χ0v) is 21.2. The summed E-state index contributed by atoms with van der Waals surface area (Å²) in [5, 5.41) is 15.8. The fourth-order valence-electron chi connectivity index (χ4n) is 4.19. The molecule has 0 spiro atoms. The third kappa shape index (κ3) is 8.47. The van der Waals surface area contributed by atoms with Gasteiger partial charge in [0.15, 0.2) is 0 Å². The first-order chi connectivity index (χ1) is 18.1. The number of primary sulfonamides is 1. The number of halogens is 6. The van der Waals surface area contributed by atoms with Gasteiger partial charge in [0.05, 0.1) is 12.7 Å². The van der Waals surface area contributed by atoms with Crippen LogP contribution in [0.5, 0.6) is 11.5 Å². The Hall–Kier alpha value is -3.04. The maximum atomic E-state index is 13.2. The van der Waals surface area contributed by atoms with Gasteiger partial charge in [0.25, 0.3) is 0 Å². The average molecular weight is 585 g/mol. The van der Waals surface area contributed by atoms with E-state index in [1.54, 1.807) is 6.07 Å². The SMILES string of the molecule is NS(=O)(=O)c1cc(C(O)CCCCN(CCc2ccccc2OC(F)(F)F)C(=O)C(F)(F)F)cc2c1OCC2. The minimum absolute atomic E-state index is 0.0235. The molecule has 0 aromatic heterocycles. The van der Waals surface area contributed by atoms with E-state index < -0.39 is 46.9 Å². The van der Waals surface area contributed by atoms with Gasteiger partial charge in [0, 0.05) is 19.5 Å². The van der Waals surface area contributed by atoms with Gasteiger partial charge in [-0.15, -0.1) is 13.2 Å². The van der Waals surface area contributed by atoms with Gasteiger partial charge < -0.3 is 19.5 Å². The van der Waals surface area contributed by atoms with Crippen LogP contribution in [0.4, 0.5) is 26.3 Å². The van der Waals surface area contributed by atoms with Crippen molar-refractivity contribution in [2.45, 2.75) is 55.6 Å². The predicted octanol–water partition coefficient (Wildman–Crippen LogP) is 4.00. The second-order valence-electron chi connectivity index (χ2n) is 8.86. The van der Waals surface area contributed by atoms with Crippen LogP contribution in [0, 0.1) is 0 Å². The molecule has 1 amide bonds. The summed E-state index contributed by atoms with van der Waals surface area (Å²) in [6.45, 7) is -0.664. The Balaban J connectivity index is 1.64. The first kappa shape index (κ1) is 30.5. The molecule has 0 aliphatic carbocycles. The Bertz CT molecular complexity index is 1280. The van der Waals surface area contributed by atoms with E-state index in [2.05, 4.69) is 4.74 Å². The van der Waals surface area contributed by atoms with Gasteiger partial charge in [-0.1, -0.05) is 18.2 Å². The zero-order chi connectivity index (χ0) is 29.0.